The first-order chi connectivity index (χ1) is 11.6. The van der Waals surface area contributed by atoms with E-state index in [1.165, 1.54) is 22.3 Å². The number of rotatable bonds is 3. The van der Waals surface area contributed by atoms with Gasteiger partial charge >= 0.3 is 21.7 Å². The maximum atomic E-state index is 3.97. The van der Waals surface area contributed by atoms with Crippen molar-refractivity contribution in [1.82, 2.24) is 0 Å². The van der Waals surface area contributed by atoms with Gasteiger partial charge in [0.05, 0.1) is 16.1 Å². The third-order valence-electron chi connectivity index (χ3n) is 7.33. The van der Waals surface area contributed by atoms with Crippen molar-refractivity contribution < 1.29 is 21.7 Å². The minimum atomic E-state index is -1.97. The van der Waals surface area contributed by atoms with E-state index in [1.807, 2.05) is 0 Å². The van der Waals surface area contributed by atoms with E-state index in [1.54, 1.807) is 10.4 Å². The number of benzene rings is 1. The maximum absolute atomic E-state index is 3.97. The van der Waals surface area contributed by atoms with Crippen molar-refractivity contribution in [3.05, 3.63) is 68.8 Å². The third-order valence-corrected chi connectivity index (χ3v) is 16.3. The molecule has 2 unspecified atom stereocenters. The van der Waals surface area contributed by atoms with Crippen LogP contribution < -0.4 is 10.4 Å². The van der Waals surface area contributed by atoms with Gasteiger partial charge in [0.15, 0.2) is 0 Å². The van der Waals surface area contributed by atoms with Crippen LogP contribution >= 0.6 is 0 Å². The molecule has 0 aromatic heterocycles. The van der Waals surface area contributed by atoms with E-state index in [0.29, 0.717) is 0 Å². The molecule has 2 rings (SSSR count). The van der Waals surface area contributed by atoms with Crippen LogP contribution in [0.25, 0.3) is 0 Å². The van der Waals surface area contributed by atoms with Crippen molar-refractivity contribution in [3.8, 4) is 0 Å². The second kappa shape index (κ2) is 10.6. The summed E-state index contributed by atoms with van der Waals surface area (Å²) < 4.78 is 0. The minimum Gasteiger partial charge on any atom is -0.358 e. The largest absolute Gasteiger partial charge is 4.00 e. The Bertz CT molecular complexity index is 790. The first-order valence-electron chi connectivity index (χ1n) is 9.98. The zero-order chi connectivity index (χ0) is 20.3. The van der Waals surface area contributed by atoms with Crippen LogP contribution in [0.5, 0.6) is 0 Å². The molecule has 0 radical (unpaired) electrons. The van der Waals surface area contributed by atoms with Gasteiger partial charge in [0.1, 0.15) is 0 Å². The van der Waals surface area contributed by atoms with Crippen molar-refractivity contribution in [2.75, 3.05) is 0 Å². The molecule has 1 aromatic carbocycles. The molecule has 1 aliphatic rings. The predicted octanol–water partition coefficient (Wildman–Crippen LogP) is 7.83. The summed E-state index contributed by atoms with van der Waals surface area (Å²) in [5.74, 6) is 0. The van der Waals surface area contributed by atoms with Gasteiger partial charge in [-0.25, -0.2) is 5.57 Å². The summed E-state index contributed by atoms with van der Waals surface area (Å²) in [5, 5.41) is 3.49. The van der Waals surface area contributed by atoms with E-state index in [0.717, 1.165) is 0 Å². The summed E-state index contributed by atoms with van der Waals surface area (Å²) in [6, 6.07) is 7.51. The molecule has 1 aliphatic carbocycles. The van der Waals surface area contributed by atoms with Gasteiger partial charge in [-0.1, -0.05) is 107 Å². The molecule has 1 aromatic rings. The van der Waals surface area contributed by atoms with E-state index in [2.05, 4.69) is 106 Å². The van der Waals surface area contributed by atoms with Gasteiger partial charge < -0.3 is 22.3 Å². The topological polar surface area (TPSA) is 0 Å². The molecule has 2 atom stereocenters. The maximum Gasteiger partial charge on any atom is 4.00 e. The quantitative estimate of drug-likeness (QED) is 0.308. The van der Waals surface area contributed by atoms with Gasteiger partial charge in [-0.05, 0) is 12.0 Å². The van der Waals surface area contributed by atoms with Crippen LogP contribution in [0, 0.1) is 35.3 Å². The molecule has 168 valence electrons. The number of hydrogen-bond donors (Lipinski definition) is 0. The first-order valence-corrected chi connectivity index (χ1v) is 16.0. The van der Waals surface area contributed by atoms with Gasteiger partial charge in [-0.15, -0.1) is 6.92 Å². The summed E-state index contributed by atoms with van der Waals surface area (Å²) in [5.41, 5.74) is 5.76. The van der Waals surface area contributed by atoms with Gasteiger partial charge in [-0.3, -0.25) is 6.08 Å². The summed E-state index contributed by atoms with van der Waals surface area (Å²) >= 11 is 0. The molecule has 0 spiro atoms. The van der Waals surface area contributed by atoms with Crippen LogP contribution in [0.1, 0.15) is 54.0 Å². The average Bonchev–Trinajstić information content (AvgIpc) is 2.68. The molecule has 0 N–H and O–H groups in total. The number of hydrogen-bond acceptors (Lipinski definition) is 0. The Morgan fingerprint density at radius 3 is 1.57 bits per heavy atom. The van der Waals surface area contributed by atoms with E-state index >= 15 is 0 Å². The summed E-state index contributed by atoms with van der Waals surface area (Å²) in [6.45, 7) is 29.0. The van der Waals surface area contributed by atoms with E-state index in [9.17, 15) is 0 Å². The summed E-state index contributed by atoms with van der Waals surface area (Å²) in [6.07, 6.45) is 3.97. The van der Waals surface area contributed by atoms with Gasteiger partial charge in [-0.2, -0.15) is 11.1 Å². The van der Waals surface area contributed by atoms with Crippen molar-refractivity contribution in [1.29, 1.82) is 0 Å². The Morgan fingerprint density at radius 2 is 1.23 bits per heavy atom. The fourth-order valence-electron chi connectivity index (χ4n) is 4.70. The van der Waals surface area contributed by atoms with E-state index in [-0.39, 0.29) is 54.1 Å². The molecule has 30 heavy (non-hydrogen) atoms. The van der Waals surface area contributed by atoms with Crippen molar-refractivity contribution in [3.63, 3.8) is 0 Å². The molecular weight excluding hydrogens is 428 g/mol. The molecule has 0 saturated carbocycles. The van der Waals surface area contributed by atoms with Gasteiger partial charge in [0, 0.05) is 0 Å². The molecule has 0 saturated heterocycles. The van der Waals surface area contributed by atoms with E-state index < -0.39 is 16.1 Å². The second-order valence-corrected chi connectivity index (χ2v) is 21.2. The first kappa shape index (κ1) is 34.5. The van der Waals surface area contributed by atoms with Crippen LogP contribution in [0.2, 0.25) is 36.3 Å². The van der Waals surface area contributed by atoms with Crippen molar-refractivity contribution >= 4 is 26.5 Å². The molecular formula is C27H48Si2Ti. The standard InChI is InChI=1S/C24H39Si2.3CH3.Ti/c1-17-13-21(25(9,10)11)15-22(14-17)26(12,23(5,6)7)24(8)16-18(2)19(3)20(24)4;;;;/h13-15H,1-12H3;3*1H3;/q4*-1;+4. The normalized spacial score (nSPS) is 20.7. The summed E-state index contributed by atoms with van der Waals surface area (Å²) in [7, 11) is -3.33. The monoisotopic (exact) mass is 476 g/mol. The van der Waals surface area contributed by atoms with Gasteiger partial charge in [0.2, 0.25) is 0 Å². The zero-order valence-corrected chi connectivity index (χ0v) is 26.3. The van der Waals surface area contributed by atoms with Crippen molar-refractivity contribution in [2.45, 2.75) is 91.7 Å². The fourth-order valence-corrected chi connectivity index (χ4v) is 11.4. The zero-order valence-electron chi connectivity index (χ0n) is 22.7. The Balaban J connectivity index is -0.00000182. The Labute approximate surface area is 207 Å². The Kier molecular flexibility index (Phi) is 12.2. The van der Waals surface area contributed by atoms with Crippen LogP contribution in [0.3, 0.4) is 0 Å². The predicted molar refractivity (Wildman–Crippen MR) is 144 cm³/mol. The van der Waals surface area contributed by atoms with E-state index in [4.69, 9.17) is 0 Å². The molecule has 0 bridgehead atoms. The molecule has 0 heterocycles. The number of aryl methyl sites for hydroxylation is 1. The Hall–Kier alpha value is -0.152. The third kappa shape index (κ3) is 5.42. The molecule has 0 aliphatic heterocycles. The SMILES string of the molecule is CC1=[C-]C(C)([Si](C)(c2cc(C)cc([Si](C)(C)C)c2)C(C)(C)C)C(C)=C1C.[CH3-].[CH3-].[CH3-].[Ti+4]. The van der Waals surface area contributed by atoms with Gasteiger partial charge in [0.25, 0.3) is 0 Å². The molecule has 0 fully saturated rings. The van der Waals surface area contributed by atoms with Crippen LogP contribution in [-0.4, -0.2) is 16.1 Å². The van der Waals surface area contributed by atoms with Crippen LogP contribution in [-0.2, 0) is 21.7 Å². The molecule has 0 nitrogen and oxygen atoms in total. The minimum absolute atomic E-state index is 0. The Morgan fingerprint density at radius 1 is 0.800 bits per heavy atom. The molecule has 3 heteroatoms. The number of allylic oxidation sites excluding steroid dienone is 4. The average molecular weight is 477 g/mol. The van der Waals surface area contributed by atoms with Crippen LogP contribution in [0.4, 0.5) is 0 Å². The second-order valence-electron chi connectivity index (χ2n) is 10.8. The fraction of sp³-hybridized carbons (Fsp3) is 0.519. The smallest absolute Gasteiger partial charge is 0.358 e. The van der Waals surface area contributed by atoms with Crippen molar-refractivity contribution in [2.24, 2.45) is 0 Å². The summed E-state index contributed by atoms with van der Waals surface area (Å²) in [4.78, 5) is 0. The van der Waals surface area contributed by atoms with Crippen LogP contribution in [0.15, 0.2) is 34.9 Å². The molecule has 0 amide bonds.